The van der Waals surface area contributed by atoms with Crippen molar-refractivity contribution in [3.05, 3.63) is 42.9 Å². The lowest BCUT2D eigenvalue weighted by molar-refractivity contribution is -0.117. The number of nitrogens with one attached hydrogen (secondary N) is 2. The lowest BCUT2D eigenvalue weighted by Crippen LogP contribution is -2.14. The van der Waals surface area contributed by atoms with Gasteiger partial charge in [-0.3, -0.25) is 9.89 Å². The molecule has 0 bridgehead atoms. The Labute approximate surface area is 121 Å². The zero-order valence-corrected chi connectivity index (χ0v) is 11.3. The topological polar surface area (TPSA) is 70.7 Å². The molecule has 21 heavy (non-hydrogen) atoms. The second-order valence-corrected chi connectivity index (χ2v) is 5.38. The van der Waals surface area contributed by atoms with Gasteiger partial charge in [0.25, 0.3) is 0 Å². The minimum absolute atomic E-state index is 0.0767. The van der Waals surface area contributed by atoms with E-state index in [4.69, 9.17) is 0 Å². The van der Waals surface area contributed by atoms with Crippen LogP contribution in [0.15, 0.2) is 42.9 Å². The van der Waals surface area contributed by atoms with Gasteiger partial charge in [0.2, 0.25) is 5.91 Å². The van der Waals surface area contributed by atoms with Gasteiger partial charge in [-0.2, -0.15) is 5.10 Å². The third-order valence-corrected chi connectivity index (χ3v) is 3.75. The van der Waals surface area contributed by atoms with Crippen molar-refractivity contribution in [1.29, 1.82) is 0 Å². The summed E-state index contributed by atoms with van der Waals surface area (Å²) in [6, 6.07) is 8.06. The molecule has 1 aliphatic rings. The highest BCUT2D eigenvalue weighted by molar-refractivity contribution is 5.96. The van der Waals surface area contributed by atoms with Crippen LogP contribution in [0.3, 0.4) is 0 Å². The number of pyridine rings is 1. The highest BCUT2D eigenvalue weighted by Gasteiger charge is 2.29. The summed E-state index contributed by atoms with van der Waals surface area (Å²) in [7, 11) is 0. The molecule has 1 amide bonds. The van der Waals surface area contributed by atoms with Gasteiger partial charge in [-0.05, 0) is 35.9 Å². The number of H-pyrrole nitrogens is 1. The summed E-state index contributed by atoms with van der Waals surface area (Å²) in [5.74, 6) is 0.872. The molecule has 1 saturated carbocycles. The van der Waals surface area contributed by atoms with E-state index in [9.17, 15) is 4.79 Å². The van der Waals surface area contributed by atoms with Gasteiger partial charge < -0.3 is 5.32 Å². The monoisotopic (exact) mass is 278 g/mol. The highest BCUT2D eigenvalue weighted by Crippen LogP contribution is 2.30. The second-order valence-electron chi connectivity index (χ2n) is 5.38. The van der Waals surface area contributed by atoms with Gasteiger partial charge in [-0.1, -0.05) is 12.1 Å². The van der Waals surface area contributed by atoms with E-state index < -0.39 is 0 Å². The van der Waals surface area contributed by atoms with Crippen LogP contribution in [0, 0.1) is 5.92 Å². The third kappa shape index (κ3) is 2.38. The summed E-state index contributed by atoms with van der Waals surface area (Å²) in [5, 5.41) is 11.8. The summed E-state index contributed by atoms with van der Waals surface area (Å²) in [4.78, 5) is 16.1. The number of hydrogen-bond donors (Lipinski definition) is 2. The molecular weight excluding hydrogens is 264 g/mol. The quantitative estimate of drug-likeness (QED) is 0.773. The molecule has 1 aliphatic carbocycles. The number of aromatic amines is 1. The number of carbonyl (C=O) groups is 1. The molecule has 0 atom stereocenters. The number of aromatic nitrogens is 3. The van der Waals surface area contributed by atoms with Gasteiger partial charge in [-0.25, -0.2) is 4.98 Å². The molecule has 0 radical (unpaired) electrons. The van der Waals surface area contributed by atoms with E-state index in [1.807, 2.05) is 24.4 Å². The second kappa shape index (κ2) is 4.70. The first-order chi connectivity index (χ1) is 10.3. The van der Waals surface area contributed by atoms with E-state index in [0.717, 1.165) is 34.7 Å². The molecule has 5 nitrogen and oxygen atoms in total. The van der Waals surface area contributed by atoms with Crippen LogP contribution in [0.25, 0.3) is 21.9 Å². The maximum Gasteiger partial charge on any atom is 0.228 e. The molecule has 0 aliphatic heterocycles. The first-order valence-corrected chi connectivity index (χ1v) is 6.99. The Morgan fingerprint density at radius 1 is 1.14 bits per heavy atom. The molecular formula is C16H14N4O. The molecule has 2 aromatic heterocycles. The van der Waals surface area contributed by atoms with Crippen LogP contribution in [-0.2, 0) is 4.79 Å². The lowest BCUT2D eigenvalue weighted by Gasteiger charge is -2.06. The van der Waals surface area contributed by atoms with Gasteiger partial charge in [0.15, 0.2) is 0 Å². The standard InChI is InChI=1S/C16H14N4O/c21-16(10-1-2-10)20-15-6-13-5-11(14-8-18-19-9-14)3-4-12(13)7-17-15/h3-10H,1-2H2,(H,18,19)(H,17,20,21). The predicted octanol–water partition coefficient (Wildman–Crippen LogP) is 2.97. The Bertz CT molecular complexity index is 806. The molecule has 0 saturated heterocycles. The number of amides is 1. The van der Waals surface area contributed by atoms with Crippen molar-refractivity contribution in [2.75, 3.05) is 5.32 Å². The third-order valence-electron chi connectivity index (χ3n) is 3.75. The van der Waals surface area contributed by atoms with Gasteiger partial charge in [-0.15, -0.1) is 0 Å². The first kappa shape index (κ1) is 12.1. The van der Waals surface area contributed by atoms with E-state index in [0.29, 0.717) is 5.82 Å². The Morgan fingerprint density at radius 3 is 2.81 bits per heavy atom. The maximum atomic E-state index is 11.8. The van der Waals surface area contributed by atoms with E-state index in [1.165, 1.54) is 0 Å². The number of benzene rings is 1. The minimum atomic E-state index is 0.0767. The number of nitrogens with zero attached hydrogens (tertiary/aromatic N) is 2. The summed E-state index contributed by atoms with van der Waals surface area (Å²) in [6.45, 7) is 0. The van der Waals surface area contributed by atoms with Crippen molar-refractivity contribution in [2.45, 2.75) is 12.8 Å². The van der Waals surface area contributed by atoms with Crippen molar-refractivity contribution < 1.29 is 4.79 Å². The van der Waals surface area contributed by atoms with Crippen LogP contribution >= 0.6 is 0 Å². The Hall–Kier alpha value is -2.69. The average molecular weight is 278 g/mol. The van der Waals surface area contributed by atoms with Crippen LogP contribution in [0.1, 0.15) is 12.8 Å². The molecule has 3 aromatic rings. The number of hydrogen-bond acceptors (Lipinski definition) is 3. The highest BCUT2D eigenvalue weighted by atomic mass is 16.2. The Morgan fingerprint density at radius 2 is 2.05 bits per heavy atom. The fraction of sp³-hybridized carbons (Fsp3) is 0.188. The van der Waals surface area contributed by atoms with Crippen molar-refractivity contribution >= 4 is 22.5 Å². The van der Waals surface area contributed by atoms with Crippen molar-refractivity contribution in [3.8, 4) is 11.1 Å². The molecule has 5 heteroatoms. The van der Waals surface area contributed by atoms with Crippen LogP contribution in [0.5, 0.6) is 0 Å². The van der Waals surface area contributed by atoms with Gasteiger partial charge in [0.05, 0.1) is 6.20 Å². The van der Waals surface area contributed by atoms with Crippen LogP contribution in [-0.4, -0.2) is 21.1 Å². The van der Waals surface area contributed by atoms with Crippen molar-refractivity contribution in [3.63, 3.8) is 0 Å². The van der Waals surface area contributed by atoms with Gasteiger partial charge in [0, 0.05) is 29.3 Å². The Balaban J connectivity index is 1.69. The average Bonchev–Trinajstić information content (AvgIpc) is 3.22. The predicted molar refractivity (Wildman–Crippen MR) is 80.7 cm³/mol. The van der Waals surface area contributed by atoms with Crippen LogP contribution in [0.2, 0.25) is 0 Å². The number of anilines is 1. The largest absolute Gasteiger partial charge is 0.310 e. The molecule has 0 spiro atoms. The Kier molecular flexibility index (Phi) is 2.70. The zero-order chi connectivity index (χ0) is 14.2. The number of rotatable bonds is 3. The SMILES string of the molecule is O=C(Nc1cc2cc(-c3cn[nH]c3)ccc2cn1)C1CC1. The fourth-order valence-electron chi connectivity index (χ4n) is 2.37. The molecule has 104 valence electrons. The van der Waals surface area contributed by atoms with Crippen LogP contribution in [0.4, 0.5) is 5.82 Å². The summed E-state index contributed by atoms with van der Waals surface area (Å²) < 4.78 is 0. The first-order valence-electron chi connectivity index (χ1n) is 6.99. The zero-order valence-electron chi connectivity index (χ0n) is 11.3. The normalized spacial score (nSPS) is 14.3. The number of fused-ring (bicyclic) bond motifs is 1. The maximum absolute atomic E-state index is 11.8. The summed E-state index contributed by atoms with van der Waals surface area (Å²) >= 11 is 0. The summed E-state index contributed by atoms with van der Waals surface area (Å²) in [5.41, 5.74) is 2.12. The molecule has 2 N–H and O–H groups in total. The van der Waals surface area contributed by atoms with E-state index in [2.05, 4.69) is 26.6 Å². The lowest BCUT2D eigenvalue weighted by atomic mass is 10.1. The fourth-order valence-corrected chi connectivity index (χ4v) is 2.37. The molecule has 4 rings (SSSR count). The molecule has 0 unspecified atom stereocenters. The van der Waals surface area contributed by atoms with E-state index >= 15 is 0 Å². The van der Waals surface area contributed by atoms with E-state index in [-0.39, 0.29) is 11.8 Å². The van der Waals surface area contributed by atoms with Gasteiger partial charge >= 0.3 is 0 Å². The molecule has 2 heterocycles. The van der Waals surface area contributed by atoms with Crippen molar-refractivity contribution in [2.24, 2.45) is 5.92 Å². The van der Waals surface area contributed by atoms with Crippen LogP contribution < -0.4 is 5.32 Å². The van der Waals surface area contributed by atoms with E-state index in [1.54, 1.807) is 12.4 Å². The smallest absolute Gasteiger partial charge is 0.228 e. The van der Waals surface area contributed by atoms with Gasteiger partial charge in [0.1, 0.15) is 5.82 Å². The minimum Gasteiger partial charge on any atom is -0.310 e. The summed E-state index contributed by atoms with van der Waals surface area (Å²) in [6.07, 6.45) is 7.42. The molecule has 1 aromatic carbocycles. The molecule has 1 fully saturated rings. The van der Waals surface area contributed by atoms with Crippen molar-refractivity contribution in [1.82, 2.24) is 15.2 Å². The number of carbonyl (C=O) groups excluding carboxylic acids is 1.